The Morgan fingerprint density at radius 3 is 3.00 bits per heavy atom. The quantitative estimate of drug-likeness (QED) is 0.554. The second-order valence-electron chi connectivity index (χ2n) is 2.84. The number of carbonyl (C=O) groups excluding carboxylic acids is 1. The van der Waals surface area contributed by atoms with Gasteiger partial charge in [0.1, 0.15) is 0 Å². The van der Waals surface area contributed by atoms with Gasteiger partial charge in [-0.1, -0.05) is 0 Å². The average Bonchev–Trinajstić information content (AvgIpc) is 2.62. The molecule has 10 heavy (non-hydrogen) atoms. The molecule has 0 aromatic heterocycles. The summed E-state index contributed by atoms with van der Waals surface area (Å²) in [5.41, 5.74) is 0. The van der Waals surface area contributed by atoms with Crippen LogP contribution in [0.2, 0.25) is 0 Å². The standard InChI is InChI=1S/C7H10NO2/c9-7-3-4-10-8(7)5-6-1-2-6/h3,6H,1-2,4-5H2. The van der Waals surface area contributed by atoms with E-state index < -0.39 is 0 Å². The third-order valence-corrected chi connectivity index (χ3v) is 1.86. The van der Waals surface area contributed by atoms with Crippen molar-refractivity contribution in [2.75, 3.05) is 13.2 Å². The molecule has 0 bridgehead atoms. The van der Waals surface area contributed by atoms with E-state index in [1.54, 1.807) is 6.42 Å². The maximum absolute atomic E-state index is 10.9. The van der Waals surface area contributed by atoms with E-state index in [0.717, 1.165) is 12.5 Å². The van der Waals surface area contributed by atoms with Gasteiger partial charge >= 0.3 is 0 Å². The molecule has 1 aliphatic heterocycles. The van der Waals surface area contributed by atoms with Crippen LogP contribution in [0.1, 0.15) is 12.8 Å². The van der Waals surface area contributed by atoms with E-state index in [1.807, 2.05) is 0 Å². The van der Waals surface area contributed by atoms with E-state index in [2.05, 4.69) is 0 Å². The van der Waals surface area contributed by atoms with E-state index in [9.17, 15) is 4.79 Å². The zero-order chi connectivity index (χ0) is 6.97. The van der Waals surface area contributed by atoms with Crippen molar-refractivity contribution in [2.24, 2.45) is 5.92 Å². The van der Waals surface area contributed by atoms with Gasteiger partial charge < -0.3 is 0 Å². The Hall–Kier alpha value is -0.570. The van der Waals surface area contributed by atoms with Crippen LogP contribution in [0, 0.1) is 12.3 Å². The first kappa shape index (κ1) is 6.16. The molecule has 1 saturated carbocycles. The maximum atomic E-state index is 10.9. The minimum Gasteiger partial charge on any atom is -0.272 e. The molecule has 1 heterocycles. The fourth-order valence-electron chi connectivity index (χ4n) is 1.04. The fraction of sp³-hybridized carbons (Fsp3) is 0.714. The first-order chi connectivity index (χ1) is 4.86. The Bertz CT molecular complexity index is 154. The Morgan fingerprint density at radius 1 is 1.70 bits per heavy atom. The molecule has 3 nitrogen and oxygen atoms in total. The van der Waals surface area contributed by atoms with Crippen molar-refractivity contribution in [1.29, 1.82) is 0 Å². The molecule has 1 saturated heterocycles. The van der Waals surface area contributed by atoms with E-state index in [0.29, 0.717) is 6.61 Å². The van der Waals surface area contributed by atoms with Crippen LogP contribution in [-0.4, -0.2) is 24.1 Å². The van der Waals surface area contributed by atoms with Crippen molar-refractivity contribution < 1.29 is 9.63 Å². The summed E-state index contributed by atoms with van der Waals surface area (Å²) in [6, 6.07) is 0. The van der Waals surface area contributed by atoms with E-state index >= 15 is 0 Å². The molecule has 0 N–H and O–H groups in total. The van der Waals surface area contributed by atoms with Crippen molar-refractivity contribution >= 4 is 5.91 Å². The van der Waals surface area contributed by atoms with Crippen LogP contribution in [0.4, 0.5) is 0 Å². The van der Waals surface area contributed by atoms with Gasteiger partial charge in [-0.05, 0) is 18.8 Å². The van der Waals surface area contributed by atoms with Gasteiger partial charge in [0.05, 0.1) is 19.6 Å². The zero-order valence-corrected chi connectivity index (χ0v) is 5.75. The lowest BCUT2D eigenvalue weighted by atomic mass is 10.4. The van der Waals surface area contributed by atoms with Crippen LogP contribution in [0.3, 0.4) is 0 Å². The molecule has 0 aromatic carbocycles. The van der Waals surface area contributed by atoms with E-state index in [-0.39, 0.29) is 5.91 Å². The predicted octanol–water partition coefficient (Wildman–Crippen LogP) is 0.374. The molecular weight excluding hydrogens is 130 g/mol. The molecule has 0 spiro atoms. The highest BCUT2D eigenvalue weighted by molar-refractivity contribution is 5.85. The lowest BCUT2D eigenvalue weighted by molar-refractivity contribution is -0.162. The zero-order valence-electron chi connectivity index (χ0n) is 5.75. The summed E-state index contributed by atoms with van der Waals surface area (Å²) in [6.07, 6.45) is 4.09. The summed E-state index contributed by atoms with van der Waals surface area (Å²) in [7, 11) is 0. The number of amides is 1. The van der Waals surface area contributed by atoms with Crippen molar-refractivity contribution in [2.45, 2.75) is 12.8 Å². The summed E-state index contributed by atoms with van der Waals surface area (Å²) in [5.74, 6) is 0.752. The number of hydroxylamine groups is 2. The normalized spacial score (nSPS) is 26.0. The van der Waals surface area contributed by atoms with Gasteiger partial charge in [-0.25, -0.2) is 5.06 Å². The molecule has 2 rings (SSSR count). The maximum Gasteiger partial charge on any atom is 0.252 e. The molecule has 2 fully saturated rings. The third kappa shape index (κ3) is 1.14. The van der Waals surface area contributed by atoms with Crippen LogP contribution in [0.25, 0.3) is 0 Å². The van der Waals surface area contributed by atoms with Gasteiger partial charge in [0.25, 0.3) is 5.91 Å². The highest BCUT2D eigenvalue weighted by atomic mass is 16.7. The van der Waals surface area contributed by atoms with Crippen molar-refractivity contribution in [3.05, 3.63) is 6.42 Å². The van der Waals surface area contributed by atoms with E-state index in [4.69, 9.17) is 4.84 Å². The first-order valence-corrected chi connectivity index (χ1v) is 3.64. The van der Waals surface area contributed by atoms with E-state index in [1.165, 1.54) is 17.9 Å². The number of rotatable bonds is 2. The van der Waals surface area contributed by atoms with Crippen LogP contribution in [0.15, 0.2) is 0 Å². The lowest BCUT2D eigenvalue weighted by Crippen LogP contribution is -2.25. The minimum absolute atomic E-state index is 0.0342. The topological polar surface area (TPSA) is 29.5 Å². The molecule has 0 unspecified atom stereocenters. The second-order valence-corrected chi connectivity index (χ2v) is 2.84. The first-order valence-electron chi connectivity index (χ1n) is 3.64. The van der Waals surface area contributed by atoms with Crippen molar-refractivity contribution in [3.8, 4) is 0 Å². The number of carbonyl (C=O) groups is 1. The second kappa shape index (κ2) is 2.23. The Balaban J connectivity index is 1.84. The summed E-state index contributed by atoms with van der Waals surface area (Å²) in [5, 5.41) is 1.47. The number of nitrogens with zero attached hydrogens (tertiary/aromatic N) is 1. The van der Waals surface area contributed by atoms with Crippen LogP contribution < -0.4 is 0 Å². The van der Waals surface area contributed by atoms with Crippen LogP contribution in [0.5, 0.6) is 0 Å². The van der Waals surface area contributed by atoms with Gasteiger partial charge in [0.2, 0.25) is 0 Å². The molecular formula is C7H10NO2. The van der Waals surface area contributed by atoms with Gasteiger partial charge in [0.15, 0.2) is 0 Å². The molecule has 1 amide bonds. The minimum atomic E-state index is 0.0342. The van der Waals surface area contributed by atoms with Gasteiger partial charge in [-0.3, -0.25) is 9.63 Å². The molecule has 0 aromatic rings. The van der Waals surface area contributed by atoms with Crippen LogP contribution in [-0.2, 0) is 9.63 Å². The third-order valence-electron chi connectivity index (χ3n) is 1.86. The smallest absolute Gasteiger partial charge is 0.252 e. The molecule has 0 atom stereocenters. The number of hydrogen-bond acceptors (Lipinski definition) is 2. The van der Waals surface area contributed by atoms with Gasteiger partial charge in [-0.15, -0.1) is 0 Å². The fourth-order valence-corrected chi connectivity index (χ4v) is 1.04. The molecule has 1 aliphatic carbocycles. The van der Waals surface area contributed by atoms with Gasteiger partial charge in [0, 0.05) is 0 Å². The largest absolute Gasteiger partial charge is 0.272 e. The summed E-state index contributed by atoms with van der Waals surface area (Å²) >= 11 is 0. The van der Waals surface area contributed by atoms with Crippen LogP contribution >= 0.6 is 0 Å². The Labute approximate surface area is 59.9 Å². The average molecular weight is 140 g/mol. The SMILES string of the molecule is O=C1[CH]CON1CC1CC1. The van der Waals surface area contributed by atoms with Crippen molar-refractivity contribution in [1.82, 2.24) is 5.06 Å². The molecule has 2 aliphatic rings. The summed E-state index contributed by atoms with van der Waals surface area (Å²) in [4.78, 5) is 15.9. The number of hydrogen-bond donors (Lipinski definition) is 0. The molecule has 3 heteroatoms. The Kier molecular flexibility index (Phi) is 1.38. The molecule has 55 valence electrons. The molecule has 1 radical (unpaired) electrons. The summed E-state index contributed by atoms with van der Waals surface area (Å²) < 4.78 is 0. The highest BCUT2D eigenvalue weighted by Crippen LogP contribution is 2.30. The van der Waals surface area contributed by atoms with Gasteiger partial charge in [-0.2, -0.15) is 0 Å². The highest BCUT2D eigenvalue weighted by Gasteiger charge is 2.30. The van der Waals surface area contributed by atoms with Crippen molar-refractivity contribution in [3.63, 3.8) is 0 Å². The summed E-state index contributed by atoms with van der Waals surface area (Å²) in [6.45, 7) is 1.26. The lowest BCUT2D eigenvalue weighted by Gasteiger charge is -2.11. The Morgan fingerprint density at radius 2 is 2.50 bits per heavy atom. The monoisotopic (exact) mass is 140 g/mol. The predicted molar refractivity (Wildman–Crippen MR) is 34.7 cm³/mol.